The fourth-order valence-electron chi connectivity index (χ4n) is 1.50. The van der Waals surface area contributed by atoms with Crippen molar-refractivity contribution >= 4 is 44.7 Å². The van der Waals surface area contributed by atoms with Crippen molar-refractivity contribution in [3.05, 3.63) is 45.1 Å². The zero-order valence-corrected chi connectivity index (χ0v) is 13.1. The highest BCUT2D eigenvalue weighted by atomic mass is 79.9. The molecule has 0 spiro atoms. The second-order valence-electron chi connectivity index (χ2n) is 3.97. The largest absolute Gasteiger partial charge is 0.483 e. The first-order valence-electron chi connectivity index (χ1n) is 5.83. The van der Waals surface area contributed by atoms with E-state index in [2.05, 4.69) is 26.4 Å². The Balaban J connectivity index is 2.11. The molecule has 21 heavy (non-hydrogen) atoms. The highest BCUT2D eigenvalue weighted by Gasteiger charge is 2.11. The average Bonchev–Trinajstić information content (AvgIpc) is 2.92. The summed E-state index contributed by atoms with van der Waals surface area (Å²) in [5.74, 6) is 0.140. The van der Waals surface area contributed by atoms with Gasteiger partial charge in [0.1, 0.15) is 12.4 Å². The van der Waals surface area contributed by atoms with E-state index in [4.69, 9.17) is 15.7 Å². The van der Waals surface area contributed by atoms with Crippen LogP contribution in [-0.4, -0.2) is 23.6 Å². The Bertz CT molecular complexity index is 672. The molecule has 0 fully saturated rings. The van der Waals surface area contributed by atoms with Gasteiger partial charge in [-0.05, 0) is 34.1 Å². The molecule has 1 amide bonds. The molecule has 2 aromatic rings. The Morgan fingerprint density at radius 2 is 2.24 bits per heavy atom. The maximum atomic E-state index is 12.1. The molecule has 0 unspecified atom stereocenters. The van der Waals surface area contributed by atoms with Gasteiger partial charge >= 0.3 is 0 Å². The van der Waals surface area contributed by atoms with Crippen LogP contribution in [0.3, 0.4) is 0 Å². The second-order valence-corrected chi connectivity index (χ2v) is 6.26. The summed E-state index contributed by atoms with van der Waals surface area (Å²) in [5, 5.41) is 15.8. The first-order valence-corrected chi connectivity index (χ1v) is 7.51. The predicted molar refractivity (Wildman–Crippen MR) is 85.3 cm³/mol. The van der Waals surface area contributed by atoms with Crippen molar-refractivity contribution in [2.45, 2.75) is 0 Å². The van der Waals surface area contributed by atoms with Gasteiger partial charge in [0.2, 0.25) is 0 Å². The first-order chi connectivity index (χ1) is 10.1. The van der Waals surface area contributed by atoms with Gasteiger partial charge in [-0.15, -0.1) is 11.3 Å². The van der Waals surface area contributed by atoms with Crippen molar-refractivity contribution < 1.29 is 14.7 Å². The van der Waals surface area contributed by atoms with Gasteiger partial charge in [-0.2, -0.15) is 0 Å². The number of carbonyl (C=O) groups is 1. The van der Waals surface area contributed by atoms with Crippen LogP contribution in [0.5, 0.6) is 5.75 Å². The lowest BCUT2D eigenvalue weighted by atomic mass is 10.2. The number of nitrogens with two attached hydrogens (primary N) is 1. The van der Waals surface area contributed by atoms with Crippen LogP contribution < -0.4 is 15.8 Å². The Labute approximate surface area is 133 Å². The number of amidine groups is 1. The Morgan fingerprint density at radius 1 is 1.48 bits per heavy atom. The summed E-state index contributed by atoms with van der Waals surface area (Å²) in [5.41, 5.74) is 6.41. The number of nitrogens with zero attached hydrogens (tertiary/aromatic N) is 1. The summed E-state index contributed by atoms with van der Waals surface area (Å²) in [6.45, 7) is -0.0760. The number of ether oxygens (including phenoxy) is 1. The van der Waals surface area contributed by atoms with Crippen molar-refractivity contribution in [1.29, 1.82) is 0 Å². The number of hydrogen-bond acceptors (Lipinski definition) is 5. The number of amides is 1. The standard InChI is InChI=1S/C13H12BrN3O3S/c14-11-5-8(7-21-11)13(18)16-9-3-1-2-4-10(9)20-6-12(15)17-19/h1-5,7,19H,6H2,(H2,15,17)(H,16,18). The van der Waals surface area contributed by atoms with Crippen LogP contribution in [0.2, 0.25) is 0 Å². The Kier molecular flexibility index (Phi) is 5.18. The van der Waals surface area contributed by atoms with Gasteiger partial charge in [0.15, 0.2) is 5.84 Å². The van der Waals surface area contributed by atoms with E-state index < -0.39 is 0 Å². The number of rotatable bonds is 5. The molecule has 1 heterocycles. The molecule has 6 nitrogen and oxygen atoms in total. The van der Waals surface area contributed by atoms with E-state index in [0.717, 1.165) is 3.79 Å². The van der Waals surface area contributed by atoms with E-state index in [0.29, 0.717) is 17.0 Å². The molecule has 8 heteroatoms. The molecule has 1 aromatic carbocycles. The predicted octanol–water partition coefficient (Wildman–Crippen LogP) is 2.89. The fourth-order valence-corrected chi connectivity index (χ4v) is 2.64. The molecule has 1 aromatic heterocycles. The first kappa shape index (κ1) is 15.3. The fraction of sp³-hybridized carbons (Fsp3) is 0.0769. The number of thiophene rings is 1. The molecule has 2 rings (SSSR count). The van der Waals surface area contributed by atoms with E-state index in [-0.39, 0.29) is 18.3 Å². The van der Waals surface area contributed by atoms with Gasteiger partial charge in [0, 0.05) is 5.38 Å². The third-order valence-electron chi connectivity index (χ3n) is 2.47. The van der Waals surface area contributed by atoms with Crippen LogP contribution in [0.1, 0.15) is 10.4 Å². The lowest BCUT2D eigenvalue weighted by Gasteiger charge is -2.11. The van der Waals surface area contributed by atoms with Crippen LogP contribution in [0.25, 0.3) is 0 Å². The van der Waals surface area contributed by atoms with Crippen molar-refractivity contribution in [2.75, 3.05) is 11.9 Å². The van der Waals surface area contributed by atoms with E-state index in [1.807, 2.05) is 0 Å². The lowest BCUT2D eigenvalue weighted by Crippen LogP contribution is -2.21. The van der Waals surface area contributed by atoms with Gasteiger partial charge < -0.3 is 21.0 Å². The van der Waals surface area contributed by atoms with Gasteiger partial charge in [0.05, 0.1) is 15.0 Å². The van der Waals surface area contributed by atoms with Crippen LogP contribution in [0.15, 0.2) is 44.7 Å². The molecule has 0 saturated carbocycles. The Morgan fingerprint density at radius 3 is 2.90 bits per heavy atom. The molecule has 0 saturated heterocycles. The number of hydrogen-bond donors (Lipinski definition) is 3. The summed E-state index contributed by atoms with van der Waals surface area (Å²) >= 11 is 4.74. The maximum Gasteiger partial charge on any atom is 0.256 e. The molecule has 110 valence electrons. The zero-order valence-electron chi connectivity index (χ0n) is 10.7. The van der Waals surface area contributed by atoms with Crippen molar-refractivity contribution in [2.24, 2.45) is 10.9 Å². The Hall–Kier alpha value is -2.06. The minimum absolute atomic E-state index is 0.0575. The number of benzene rings is 1. The third-order valence-corrected chi connectivity index (χ3v) is 3.97. The van der Waals surface area contributed by atoms with Crippen molar-refractivity contribution in [3.8, 4) is 5.75 Å². The minimum Gasteiger partial charge on any atom is -0.483 e. The molecule has 4 N–H and O–H groups in total. The normalized spacial score (nSPS) is 11.2. The van der Waals surface area contributed by atoms with Gasteiger partial charge in [-0.25, -0.2) is 0 Å². The zero-order chi connectivity index (χ0) is 15.2. The number of halogens is 1. The molecular formula is C13H12BrN3O3S. The summed E-state index contributed by atoms with van der Waals surface area (Å²) in [6, 6.07) is 8.67. The number of oxime groups is 1. The molecule has 0 aliphatic heterocycles. The summed E-state index contributed by atoms with van der Waals surface area (Å²) in [6.07, 6.45) is 0. The molecule has 0 radical (unpaired) electrons. The highest BCUT2D eigenvalue weighted by molar-refractivity contribution is 9.11. The van der Waals surface area contributed by atoms with E-state index >= 15 is 0 Å². The smallest absolute Gasteiger partial charge is 0.256 e. The summed E-state index contributed by atoms with van der Waals surface area (Å²) < 4.78 is 6.27. The summed E-state index contributed by atoms with van der Waals surface area (Å²) in [4.78, 5) is 12.1. The van der Waals surface area contributed by atoms with Crippen LogP contribution in [0, 0.1) is 0 Å². The minimum atomic E-state index is -0.239. The van der Waals surface area contributed by atoms with Gasteiger partial charge in [-0.3, -0.25) is 4.79 Å². The number of anilines is 1. The molecule has 0 bridgehead atoms. The second kappa shape index (κ2) is 7.09. The van der Waals surface area contributed by atoms with E-state index in [9.17, 15) is 4.79 Å². The number of carbonyl (C=O) groups excluding carboxylic acids is 1. The van der Waals surface area contributed by atoms with Gasteiger partial charge in [-0.1, -0.05) is 17.3 Å². The monoisotopic (exact) mass is 369 g/mol. The van der Waals surface area contributed by atoms with Crippen LogP contribution in [-0.2, 0) is 0 Å². The lowest BCUT2D eigenvalue weighted by molar-refractivity contribution is 0.102. The van der Waals surface area contributed by atoms with Crippen LogP contribution >= 0.6 is 27.3 Å². The topological polar surface area (TPSA) is 96.9 Å². The van der Waals surface area contributed by atoms with Crippen molar-refractivity contribution in [3.63, 3.8) is 0 Å². The summed E-state index contributed by atoms with van der Waals surface area (Å²) in [7, 11) is 0. The molecule has 0 aliphatic rings. The highest BCUT2D eigenvalue weighted by Crippen LogP contribution is 2.26. The average molecular weight is 370 g/mol. The maximum absolute atomic E-state index is 12.1. The third kappa shape index (κ3) is 4.20. The number of para-hydroxylation sites is 2. The molecule has 0 aliphatic carbocycles. The van der Waals surface area contributed by atoms with Gasteiger partial charge in [0.25, 0.3) is 5.91 Å². The molecule has 0 atom stereocenters. The van der Waals surface area contributed by atoms with Crippen molar-refractivity contribution in [1.82, 2.24) is 0 Å². The van der Waals surface area contributed by atoms with E-state index in [1.165, 1.54) is 11.3 Å². The van der Waals surface area contributed by atoms with Crippen LogP contribution in [0.4, 0.5) is 5.69 Å². The SMILES string of the molecule is N/C(COc1ccccc1NC(=O)c1csc(Br)c1)=N/O. The number of nitrogens with one attached hydrogen (secondary N) is 1. The van der Waals surface area contributed by atoms with E-state index in [1.54, 1.807) is 35.7 Å². The molecular weight excluding hydrogens is 358 g/mol. The quantitative estimate of drug-likeness (QED) is 0.326.